The molecule has 0 unspecified atom stereocenters. The van der Waals surface area contributed by atoms with E-state index in [2.05, 4.69) is 10.6 Å². The van der Waals surface area contributed by atoms with Gasteiger partial charge in [-0.2, -0.15) is 4.31 Å². The third-order valence-electron chi connectivity index (χ3n) is 4.41. The highest BCUT2D eigenvalue weighted by molar-refractivity contribution is 7.89. The number of urea groups is 1. The van der Waals surface area contributed by atoms with Crippen LogP contribution >= 0.6 is 11.6 Å². The molecule has 0 spiro atoms. The van der Waals surface area contributed by atoms with Gasteiger partial charge in [-0.15, -0.1) is 0 Å². The molecule has 0 aromatic heterocycles. The van der Waals surface area contributed by atoms with Crippen LogP contribution < -0.4 is 10.6 Å². The molecule has 2 amide bonds. The molecule has 0 saturated carbocycles. The molecule has 1 saturated heterocycles. The maximum Gasteiger partial charge on any atom is 0.319 e. The number of hydrogen-bond acceptors (Lipinski definition) is 3. The Morgan fingerprint density at radius 2 is 1.74 bits per heavy atom. The van der Waals surface area contributed by atoms with Crippen LogP contribution in [0.5, 0.6) is 0 Å². The Labute approximate surface area is 164 Å². The van der Waals surface area contributed by atoms with Crippen molar-refractivity contribution >= 4 is 33.3 Å². The molecule has 1 aliphatic heterocycles. The third-order valence-corrected chi connectivity index (χ3v) is 6.56. The summed E-state index contributed by atoms with van der Waals surface area (Å²) in [7, 11) is -3.43. The van der Waals surface area contributed by atoms with E-state index in [0.717, 1.165) is 24.8 Å². The highest BCUT2D eigenvalue weighted by Crippen LogP contribution is 2.21. The molecule has 2 N–H and O–H groups in total. The van der Waals surface area contributed by atoms with Gasteiger partial charge in [-0.25, -0.2) is 13.2 Å². The minimum Gasteiger partial charge on any atom is -0.334 e. The molecule has 2 aromatic rings. The van der Waals surface area contributed by atoms with E-state index < -0.39 is 10.0 Å². The van der Waals surface area contributed by atoms with Crippen molar-refractivity contribution in [3.8, 4) is 0 Å². The Bertz CT molecular complexity index is 895. The number of amides is 2. The fourth-order valence-electron chi connectivity index (χ4n) is 2.96. The van der Waals surface area contributed by atoms with E-state index in [1.165, 1.54) is 0 Å². The fourth-order valence-corrected chi connectivity index (χ4v) is 4.66. The monoisotopic (exact) mass is 407 g/mol. The largest absolute Gasteiger partial charge is 0.334 e. The summed E-state index contributed by atoms with van der Waals surface area (Å²) in [5.41, 5.74) is 1.41. The summed E-state index contributed by atoms with van der Waals surface area (Å²) in [5, 5.41) is 5.97. The fraction of sp³-hybridized carbons (Fsp3) is 0.316. The smallest absolute Gasteiger partial charge is 0.319 e. The van der Waals surface area contributed by atoms with Gasteiger partial charge >= 0.3 is 6.03 Å². The van der Waals surface area contributed by atoms with Crippen LogP contribution in [0, 0.1) is 0 Å². The first-order chi connectivity index (χ1) is 12.9. The Balaban J connectivity index is 1.56. The second-order valence-corrected chi connectivity index (χ2v) is 8.80. The molecule has 1 fully saturated rings. The second kappa shape index (κ2) is 8.73. The molecule has 0 aliphatic carbocycles. The Morgan fingerprint density at radius 3 is 2.41 bits per heavy atom. The Hall–Kier alpha value is -2.09. The lowest BCUT2D eigenvalue weighted by Crippen LogP contribution is -2.35. The number of hydrogen-bond donors (Lipinski definition) is 2. The predicted octanol–water partition coefficient (Wildman–Crippen LogP) is 3.84. The van der Waals surface area contributed by atoms with Crippen LogP contribution in [0.15, 0.2) is 53.4 Å². The number of rotatable bonds is 5. The molecule has 0 bridgehead atoms. The standard InChI is InChI=1S/C19H22ClN3O3S/c20-16-5-4-6-17(13-16)22-19(24)21-14-15-7-9-18(10-8-15)27(25,26)23-11-2-1-3-12-23/h4-10,13H,1-3,11-12,14H2,(H2,21,22,24). The molecular weight excluding hydrogens is 386 g/mol. The third kappa shape index (κ3) is 5.22. The molecule has 8 heteroatoms. The van der Waals surface area contributed by atoms with Crippen molar-refractivity contribution in [2.75, 3.05) is 18.4 Å². The molecule has 0 atom stereocenters. The topological polar surface area (TPSA) is 78.5 Å². The van der Waals surface area contributed by atoms with Gasteiger partial charge in [-0.1, -0.05) is 36.2 Å². The van der Waals surface area contributed by atoms with Gasteiger partial charge in [-0.05, 0) is 48.7 Å². The average molecular weight is 408 g/mol. The van der Waals surface area contributed by atoms with Crippen LogP contribution in [0.25, 0.3) is 0 Å². The summed E-state index contributed by atoms with van der Waals surface area (Å²) in [6.45, 7) is 1.45. The number of benzene rings is 2. The zero-order chi connectivity index (χ0) is 19.3. The van der Waals surface area contributed by atoms with E-state index in [0.29, 0.717) is 23.8 Å². The molecule has 1 heterocycles. The van der Waals surface area contributed by atoms with Crippen molar-refractivity contribution in [2.24, 2.45) is 0 Å². The lowest BCUT2D eigenvalue weighted by Gasteiger charge is -2.25. The number of nitrogens with one attached hydrogen (secondary N) is 2. The second-order valence-electron chi connectivity index (χ2n) is 6.43. The Kier molecular flexibility index (Phi) is 6.36. The van der Waals surface area contributed by atoms with Crippen molar-refractivity contribution in [1.82, 2.24) is 9.62 Å². The van der Waals surface area contributed by atoms with Gasteiger partial charge in [0.1, 0.15) is 0 Å². The number of piperidine rings is 1. The normalized spacial score (nSPS) is 15.3. The lowest BCUT2D eigenvalue weighted by atomic mass is 10.2. The first-order valence-corrected chi connectivity index (χ1v) is 10.7. The molecule has 0 radical (unpaired) electrons. The van der Waals surface area contributed by atoms with Gasteiger partial charge in [0.05, 0.1) is 4.90 Å². The van der Waals surface area contributed by atoms with Crippen LogP contribution in [0.3, 0.4) is 0 Å². The number of carbonyl (C=O) groups excluding carboxylic acids is 1. The first kappa shape index (κ1) is 19.7. The Morgan fingerprint density at radius 1 is 1.04 bits per heavy atom. The maximum absolute atomic E-state index is 12.6. The molecule has 3 rings (SSSR count). The van der Waals surface area contributed by atoms with E-state index in [9.17, 15) is 13.2 Å². The van der Waals surface area contributed by atoms with Crippen LogP contribution in [-0.4, -0.2) is 31.8 Å². The minimum atomic E-state index is -3.43. The summed E-state index contributed by atoms with van der Waals surface area (Å²) in [4.78, 5) is 12.3. The number of anilines is 1. The van der Waals surface area contributed by atoms with E-state index in [-0.39, 0.29) is 17.5 Å². The highest BCUT2D eigenvalue weighted by atomic mass is 35.5. The van der Waals surface area contributed by atoms with Crippen LogP contribution in [0.2, 0.25) is 5.02 Å². The van der Waals surface area contributed by atoms with Crippen molar-refractivity contribution in [1.29, 1.82) is 0 Å². The number of carbonyl (C=O) groups is 1. The molecular formula is C19H22ClN3O3S. The number of nitrogens with zero attached hydrogens (tertiary/aromatic N) is 1. The van der Waals surface area contributed by atoms with Gasteiger partial charge in [0.25, 0.3) is 0 Å². The molecule has 144 valence electrons. The van der Waals surface area contributed by atoms with Gasteiger partial charge in [0, 0.05) is 30.3 Å². The average Bonchev–Trinajstić information content (AvgIpc) is 2.67. The van der Waals surface area contributed by atoms with Crippen LogP contribution in [0.4, 0.5) is 10.5 Å². The molecule has 6 nitrogen and oxygen atoms in total. The van der Waals surface area contributed by atoms with Gasteiger partial charge in [0.2, 0.25) is 10.0 Å². The van der Waals surface area contributed by atoms with Gasteiger partial charge < -0.3 is 10.6 Å². The number of halogens is 1. The van der Waals surface area contributed by atoms with Crippen molar-refractivity contribution < 1.29 is 13.2 Å². The van der Waals surface area contributed by atoms with Crippen molar-refractivity contribution in [3.63, 3.8) is 0 Å². The summed E-state index contributed by atoms with van der Waals surface area (Å²) < 4.78 is 26.8. The minimum absolute atomic E-state index is 0.288. The van der Waals surface area contributed by atoms with Gasteiger partial charge in [-0.3, -0.25) is 0 Å². The van der Waals surface area contributed by atoms with Crippen molar-refractivity contribution in [3.05, 3.63) is 59.1 Å². The predicted molar refractivity (Wildman–Crippen MR) is 106 cm³/mol. The number of sulfonamides is 1. The summed E-state index contributed by atoms with van der Waals surface area (Å²) in [6.07, 6.45) is 2.89. The van der Waals surface area contributed by atoms with E-state index in [4.69, 9.17) is 11.6 Å². The summed E-state index contributed by atoms with van der Waals surface area (Å²) >= 11 is 5.88. The zero-order valence-electron chi connectivity index (χ0n) is 14.8. The van der Waals surface area contributed by atoms with Gasteiger partial charge in [0.15, 0.2) is 0 Å². The van der Waals surface area contributed by atoms with E-state index in [1.807, 2.05) is 0 Å². The quantitative estimate of drug-likeness (QED) is 0.790. The van der Waals surface area contributed by atoms with Crippen molar-refractivity contribution in [2.45, 2.75) is 30.7 Å². The SMILES string of the molecule is O=C(NCc1ccc(S(=O)(=O)N2CCCCC2)cc1)Nc1cccc(Cl)c1. The van der Waals surface area contributed by atoms with Crippen LogP contribution in [0.1, 0.15) is 24.8 Å². The molecule has 1 aliphatic rings. The first-order valence-electron chi connectivity index (χ1n) is 8.85. The lowest BCUT2D eigenvalue weighted by molar-refractivity contribution is 0.251. The van der Waals surface area contributed by atoms with E-state index in [1.54, 1.807) is 52.8 Å². The van der Waals surface area contributed by atoms with E-state index >= 15 is 0 Å². The molecule has 2 aromatic carbocycles. The summed E-state index contributed by atoms with van der Waals surface area (Å²) in [5.74, 6) is 0. The van der Waals surface area contributed by atoms with Crippen LogP contribution in [-0.2, 0) is 16.6 Å². The summed E-state index contributed by atoms with van der Waals surface area (Å²) in [6, 6.07) is 13.1. The molecule has 27 heavy (non-hydrogen) atoms. The zero-order valence-corrected chi connectivity index (χ0v) is 16.4. The maximum atomic E-state index is 12.6. The highest BCUT2D eigenvalue weighted by Gasteiger charge is 2.25.